The normalized spacial score (nSPS) is 15.9. The van der Waals surface area contributed by atoms with E-state index in [-0.39, 0.29) is 20.4 Å². The van der Waals surface area contributed by atoms with Gasteiger partial charge in [0, 0.05) is 15.3 Å². The summed E-state index contributed by atoms with van der Waals surface area (Å²) in [6, 6.07) is 0. The quantitative estimate of drug-likeness (QED) is 0.594. The van der Waals surface area contributed by atoms with Crippen molar-refractivity contribution in [1.29, 1.82) is 0 Å². The predicted octanol–water partition coefficient (Wildman–Crippen LogP) is 5.01. The first-order valence-electron chi connectivity index (χ1n) is 7.93. The van der Waals surface area contributed by atoms with Crippen molar-refractivity contribution in [2.75, 3.05) is 20.4 Å². The van der Waals surface area contributed by atoms with Gasteiger partial charge < -0.3 is 28.4 Å². The maximum absolute atomic E-state index is 5.83. The SMILES string of the molecule is Cc1sc2c(c1-c1sc3c(c1-c1c(C)sc4c1OCO4)OCO3)OCO2. The first-order chi connectivity index (χ1) is 12.7. The van der Waals surface area contributed by atoms with Crippen LogP contribution in [-0.2, 0) is 0 Å². The van der Waals surface area contributed by atoms with Gasteiger partial charge in [-0.2, -0.15) is 0 Å². The van der Waals surface area contributed by atoms with E-state index in [2.05, 4.69) is 13.8 Å². The van der Waals surface area contributed by atoms with E-state index in [1.54, 1.807) is 34.0 Å². The number of thiophene rings is 3. The molecule has 3 aromatic rings. The van der Waals surface area contributed by atoms with Gasteiger partial charge in [0.1, 0.15) is 0 Å². The Hall–Kier alpha value is -2.10. The van der Waals surface area contributed by atoms with Crippen molar-refractivity contribution in [2.24, 2.45) is 0 Å². The second-order valence-corrected chi connectivity index (χ2v) is 9.30. The van der Waals surface area contributed by atoms with Crippen LogP contribution in [0.1, 0.15) is 9.75 Å². The first-order valence-corrected chi connectivity index (χ1v) is 10.4. The molecule has 0 fully saturated rings. The summed E-state index contributed by atoms with van der Waals surface area (Å²) in [5, 5.41) is 2.42. The minimum absolute atomic E-state index is 0.234. The third-order valence-electron chi connectivity index (χ3n) is 4.51. The molecule has 0 amide bonds. The van der Waals surface area contributed by atoms with E-state index in [9.17, 15) is 0 Å². The number of ether oxygens (including phenoxy) is 6. The van der Waals surface area contributed by atoms with E-state index in [4.69, 9.17) is 28.4 Å². The summed E-state index contributed by atoms with van der Waals surface area (Å²) in [5.41, 5.74) is 3.04. The number of fused-ring (bicyclic) bond motifs is 3. The summed E-state index contributed by atoms with van der Waals surface area (Å²) in [4.78, 5) is 3.31. The smallest absolute Gasteiger partial charge is 0.232 e. The van der Waals surface area contributed by atoms with Crippen LogP contribution in [0, 0.1) is 13.8 Å². The zero-order valence-electron chi connectivity index (χ0n) is 13.8. The number of rotatable bonds is 2. The number of aryl methyl sites for hydroxylation is 2. The van der Waals surface area contributed by atoms with E-state index >= 15 is 0 Å². The minimum atomic E-state index is 0.234. The molecule has 3 aliphatic heterocycles. The van der Waals surface area contributed by atoms with Crippen LogP contribution in [0.3, 0.4) is 0 Å². The van der Waals surface area contributed by atoms with Crippen molar-refractivity contribution < 1.29 is 28.4 Å². The highest BCUT2D eigenvalue weighted by Gasteiger charge is 2.37. The molecule has 9 heteroatoms. The van der Waals surface area contributed by atoms with Gasteiger partial charge in [-0.15, -0.1) is 0 Å². The maximum Gasteiger partial charge on any atom is 0.232 e. The fourth-order valence-corrected chi connectivity index (χ4v) is 6.58. The largest absolute Gasteiger partial charge is 0.452 e. The predicted molar refractivity (Wildman–Crippen MR) is 98.8 cm³/mol. The van der Waals surface area contributed by atoms with E-state index in [1.165, 1.54) is 0 Å². The Morgan fingerprint density at radius 1 is 0.538 bits per heavy atom. The highest BCUT2D eigenvalue weighted by molar-refractivity contribution is 7.20. The molecule has 0 saturated heterocycles. The third-order valence-corrected chi connectivity index (χ3v) is 7.61. The Labute approximate surface area is 160 Å². The fourth-order valence-electron chi connectivity index (χ4n) is 3.45. The van der Waals surface area contributed by atoms with Crippen LogP contribution in [0.5, 0.6) is 32.4 Å². The van der Waals surface area contributed by atoms with E-state index in [1.807, 2.05) is 0 Å². The Kier molecular flexibility index (Phi) is 3.01. The van der Waals surface area contributed by atoms with Gasteiger partial charge in [-0.1, -0.05) is 34.0 Å². The number of hydrogen-bond acceptors (Lipinski definition) is 9. The highest BCUT2D eigenvalue weighted by Crippen LogP contribution is 2.63. The second kappa shape index (κ2) is 5.21. The average molecular weight is 408 g/mol. The van der Waals surface area contributed by atoms with Crippen molar-refractivity contribution in [3.63, 3.8) is 0 Å². The summed E-state index contributed by atoms with van der Waals surface area (Å²) in [6.07, 6.45) is 0. The first kappa shape index (κ1) is 15.0. The summed E-state index contributed by atoms with van der Waals surface area (Å²) in [7, 11) is 0. The van der Waals surface area contributed by atoms with Gasteiger partial charge in [-0.3, -0.25) is 0 Å². The fraction of sp³-hybridized carbons (Fsp3) is 0.294. The van der Waals surface area contributed by atoms with Crippen LogP contribution in [0.4, 0.5) is 0 Å². The molecular weight excluding hydrogens is 396 g/mol. The van der Waals surface area contributed by atoms with Crippen molar-refractivity contribution in [3.8, 4) is 54.0 Å². The van der Waals surface area contributed by atoms with Crippen LogP contribution < -0.4 is 28.4 Å². The van der Waals surface area contributed by atoms with Crippen molar-refractivity contribution in [3.05, 3.63) is 9.75 Å². The average Bonchev–Trinajstić information content (AvgIpc) is 3.36. The van der Waals surface area contributed by atoms with Crippen LogP contribution in [0.15, 0.2) is 0 Å². The summed E-state index contributed by atoms with van der Waals surface area (Å²) in [6.45, 7) is 4.88. The molecular formula is C17H12O6S3. The molecule has 26 heavy (non-hydrogen) atoms. The zero-order valence-corrected chi connectivity index (χ0v) is 16.2. The molecule has 0 aromatic carbocycles. The van der Waals surface area contributed by atoms with E-state index in [0.717, 1.165) is 63.8 Å². The molecule has 3 aromatic heterocycles. The van der Waals surface area contributed by atoms with Gasteiger partial charge in [0.25, 0.3) is 0 Å². The van der Waals surface area contributed by atoms with Crippen molar-refractivity contribution in [2.45, 2.75) is 13.8 Å². The molecule has 0 aliphatic carbocycles. The standard InChI is InChI=1S/C17H12O6S3/c1-6-8(11-15(24-6)21-3-18-11)10-13-17(23-5-20-13)26-14(10)9-7(2)25-16-12(9)19-4-22-16/h3-5H2,1-2H3. The monoisotopic (exact) mass is 408 g/mol. The van der Waals surface area contributed by atoms with Crippen LogP contribution in [-0.4, -0.2) is 20.4 Å². The lowest BCUT2D eigenvalue weighted by Crippen LogP contribution is -1.98. The molecule has 134 valence electrons. The van der Waals surface area contributed by atoms with Crippen molar-refractivity contribution in [1.82, 2.24) is 0 Å². The van der Waals surface area contributed by atoms with Gasteiger partial charge in [0.2, 0.25) is 35.6 Å². The molecule has 6 rings (SSSR count). The van der Waals surface area contributed by atoms with Gasteiger partial charge in [-0.05, 0) is 13.8 Å². The zero-order chi connectivity index (χ0) is 17.4. The van der Waals surface area contributed by atoms with E-state index in [0.29, 0.717) is 0 Å². The Balaban J connectivity index is 1.66. The lowest BCUT2D eigenvalue weighted by atomic mass is 10.0. The molecule has 0 saturated carbocycles. The summed E-state index contributed by atoms with van der Waals surface area (Å²) >= 11 is 4.76. The molecule has 6 nitrogen and oxygen atoms in total. The van der Waals surface area contributed by atoms with E-state index < -0.39 is 0 Å². The third kappa shape index (κ3) is 1.85. The molecule has 0 atom stereocenters. The topological polar surface area (TPSA) is 55.4 Å². The van der Waals surface area contributed by atoms with Gasteiger partial charge in [0.15, 0.2) is 17.2 Å². The van der Waals surface area contributed by atoms with Gasteiger partial charge in [0.05, 0.1) is 16.0 Å². The molecule has 0 unspecified atom stereocenters. The van der Waals surface area contributed by atoms with Crippen molar-refractivity contribution >= 4 is 34.0 Å². The Bertz CT molecular complexity index is 1060. The molecule has 0 bridgehead atoms. The Morgan fingerprint density at radius 3 is 1.62 bits per heavy atom. The van der Waals surface area contributed by atoms with Crippen LogP contribution in [0.2, 0.25) is 0 Å². The van der Waals surface area contributed by atoms with Crippen LogP contribution >= 0.6 is 34.0 Å². The molecule has 3 aliphatic rings. The maximum atomic E-state index is 5.83. The molecule has 0 spiro atoms. The Morgan fingerprint density at radius 2 is 1.00 bits per heavy atom. The minimum Gasteiger partial charge on any atom is -0.452 e. The summed E-state index contributed by atoms with van der Waals surface area (Å²) < 4.78 is 34.2. The van der Waals surface area contributed by atoms with Gasteiger partial charge >= 0.3 is 0 Å². The molecule has 0 radical (unpaired) electrons. The van der Waals surface area contributed by atoms with Crippen LogP contribution in [0.25, 0.3) is 21.6 Å². The molecule has 6 heterocycles. The summed E-state index contributed by atoms with van der Waals surface area (Å²) in [5.74, 6) is 2.35. The number of hydrogen-bond donors (Lipinski definition) is 0. The molecule has 0 N–H and O–H groups in total. The lowest BCUT2D eigenvalue weighted by Gasteiger charge is -2.09. The highest BCUT2D eigenvalue weighted by atomic mass is 32.1. The second-order valence-electron chi connectivity index (χ2n) is 5.94. The van der Waals surface area contributed by atoms with Gasteiger partial charge in [-0.25, -0.2) is 0 Å². The lowest BCUT2D eigenvalue weighted by molar-refractivity contribution is 0.174.